The van der Waals surface area contributed by atoms with Crippen LogP contribution in [0.4, 0.5) is 4.39 Å². The number of rotatable bonds is 5. The maximum atomic E-state index is 13.5. The van der Waals surface area contributed by atoms with Gasteiger partial charge in [0.25, 0.3) is 5.91 Å². The van der Waals surface area contributed by atoms with Crippen molar-refractivity contribution in [3.63, 3.8) is 0 Å². The molecule has 0 unspecified atom stereocenters. The van der Waals surface area contributed by atoms with E-state index in [4.69, 9.17) is 10.5 Å². The van der Waals surface area contributed by atoms with Crippen molar-refractivity contribution < 1.29 is 13.9 Å². The summed E-state index contributed by atoms with van der Waals surface area (Å²) >= 11 is 0. The van der Waals surface area contributed by atoms with Gasteiger partial charge < -0.3 is 15.8 Å². The molecule has 0 aliphatic carbocycles. The number of benzene rings is 1. The standard InChI is InChI=1S/C12H17FN2O2/c1-3-15-12(16)7-17-11-5-4-9(8(2)14)6-10(11)13/h4-6,8H,3,7,14H2,1-2H3,(H,15,16)/t8-/m1/s1. The first-order valence-corrected chi connectivity index (χ1v) is 5.49. The van der Waals surface area contributed by atoms with Gasteiger partial charge >= 0.3 is 0 Å². The average molecular weight is 240 g/mol. The fraction of sp³-hybridized carbons (Fsp3) is 0.417. The molecule has 1 rings (SSSR count). The molecule has 0 saturated carbocycles. The zero-order chi connectivity index (χ0) is 12.8. The summed E-state index contributed by atoms with van der Waals surface area (Å²) in [5.74, 6) is -0.729. The average Bonchev–Trinajstić information content (AvgIpc) is 2.27. The van der Waals surface area contributed by atoms with E-state index in [2.05, 4.69) is 5.32 Å². The second kappa shape index (κ2) is 6.20. The highest BCUT2D eigenvalue weighted by molar-refractivity contribution is 5.77. The summed E-state index contributed by atoms with van der Waals surface area (Å²) in [6.45, 7) is 3.90. The van der Waals surface area contributed by atoms with Crippen LogP contribution in [0.3, 0.4) is 0 Å². The fourth-order valence-corrected chi connectivity index (χ4v) is 1.31. The first kappa shape index (κ1) is 13.4. The number of hydrogen-bond donors (Lipinski definition) is 2. The van der Waals surface area contributed by atoms with E-state index in [1.807, 2.05) is 0 Å². The van der Waals surface area contributed by atoms with Crippen LogP contribution in [0.5, 0.6) is 5.75 Å². The van der Waals surface area contributed by atoms with Crippen LogP contribution >= 0.6 is 0 Å². The molecule has 0 heterocycles. The number of likely N-dealkylation sites (N-methyl/N-ethyl adjacent to an activating group) is 1. The van der Waals surface area contributed by atoms with Crippen molar-refractivity contribution in [2.24, 2.45) is 5.73 Å². The predicted molar refractivity (Wildman–Crippen MR) is 63.2 cm³/mol. The maximum Gasteiger partial charge on any atom is 0.257 e. The highest BCUT2D eigenvalue weighted by atomic mass is 19.1. The molecule has 0 aromatic heterocycles. The van der Waals surface area contributed by atoms with Crippen LogP contribution in [0.25, 0.3) is 0 Å². The van der Waals surface area contributed by atoms with Gasteiger partial charge in [0.05, 0.1) is 0 Å². The molecule has 1 aromatic carbocycles. The van der Waals surface area contributed by atoms with Crippen molar-refractivity contribution in [2.45, 2.75) is 19.9 Å². The zero-order valence-corrected chi connectivity index (χ0v) is 10.00. The van der Waals surface area contributed by atoms with Gasteiger partial charge in [0.15, 0.2) is 18.2 Å². The van der Waals surface area contributed by atoms with E-state index in [0.717, 1.165) is 0 Å². The highest BCUT2D eigenvalue weighted by Gasteiger charge is 2.08. The minimum absolute atomic E-state index is 0.0562. The van der Waals surface area contributed by atoms with Gasteiger partial charge in [-0.15, -0.1) is 0 Å². The first-order chi connectivity index (χ1) is 8.04. The first-order valence-electron chi connectivity index (χ1n) is 5.49. The molecule has 0 spiro atoms. The Bertz CT molecular complexity index is 394. The summed E-state index contributed by atoms with van der Waals surface area (Å²) in [4.78, 5) is 11.1. The summed E-state index contributed by atoms with van der Waals surface area (Å²) in [6.07, 6.45) is 0. The van der Waals surface area contributed by atoms with Gasteiger partial charge in [0.1, 0.15) is 0 Å². The fourth-order valence-electron chi connectivity index (χ4n) is 1.31. The monoisotopic (exact) mass is 240 g/mol. The number of amides is 1. The smallest absolute Gasteiger partial charge is 0.257 e. The van der Waals surface area contributed by atoms with Crippen molar-refractivity contribution in [1.29, 1.82) is 0 Å². The predicted octanol–water partition coefficient (Wildman–Crippen LogP) is 1.36. The van der Waals surface area contributed by atoms with E-state index < -0.39 is 5.82 Å². The minimum atomic E-state index is -0.510. The highest BCUT2D eigenvalue weighted by Crippen LogP contribution is 2.20. The Balaban J connectivity index is 2.63. The number of carbonyl (C=O) groups excluding carboxylic acids is 1. The van der Waals surface area contributed by atoms with Crippen LogP contribution in [0.2, 0.25) is 0 Å². The van der Waals surface area contributed by atoms with E-state index >= 15 is 0 Å². The number of ether oxygens (including phenoxy) is 1. The lowest BCUT2D eigenvalue weighted by Crippen LogP contribution is -2.28. The van der Waals surface area contributed by atoms with E-state index in [1.165, 1.54) is 12.1 Å². The third-order valence-corrected chi connectivity index (χ3v) is 2.21. The Morgan fingerprint density at radius 2 is 2.29 bits per heavy atom. The summed E-state index contributed by atoms with van der Waals surface area (Å²) in [5.41, 5.74) is 6.31. The molecule has 0 saturated heterocycles. The Morgan fingerprint density at radius 3 is 2.82 bits per heavy atom. The topological polar surface area (TPSA) is 64.3 Å². The Labute approximate surface area is 100.0 Å². The third kappa shape index (κ3) is 4.03. The summed E-state index contributed by atoms with van der Waals surface area (Å²) in [5, 5.41) is 2.56. The van der Waals surface area contributed by atoms with Gasteiger partial charge in [0.2, 0.25) is 0 Å². The van der Waals surface area contributed by atoms with Crippen LogP contribution < -0.4 is 15.8 Å². The van der Waals surface area contributed by atoms with E-state index in [1.54, 1.807) is 19.9 Å². The van der Waals surface area contributed by atoms with Crippen molar-refractivity contribution in [3.8, 4) is 5.75 Å². The molecule has 4 nitrogen and oxygen atoms in total. The van der Waals surface area contributed by atoms with Crippen molar-refractivity contribution >= 4 is 5.91 Å². The molecule has 1 atom stereocenters. The molecular formula is C12H17FN2O2. The Kier molecular flexibility index (Phi) is 4.90. The lowest BCUT2D eigenvalue weighted by atomic mass is 10.1. The van der Waals surface area contributed by atoms with Crippen LogP contribution in [-0.4, -0.2) is 19.1 Å². The summed E-state index contributed by atoms with van der Waals surface area (Å²) in [7, 11) is 0. The largest absolute Gasteiger partial charge is 0.481 e. The lowest BCUT2D eigenvalue weighted by Gasteiger charge is -2.10. The molecule has 3 N–H and O–H groups in total. The third-order valence-electron chi connectivity index (χ3n) is 2.21. The lowest BCUT2D eigenvalue weighted by molar-refractivity contribution is -0.123. The van der Waals surface area contributed by atoms with Crippen LogP contribution in [0.15, 0.2) is 18.2 Å². The van der Waals surface area contributed by atoms with Crippen LogP contribution in [0.1, 0.15) is 25.5 Å². The number of hydrogen-bond acceptors (Lipinski definition) is 3. The SMILES string of the molecule is CCNC(=O)COc1ccc([C@@H](C)N)cc1F. The molecule has 5 heteroatoms. The van der Waals surface area contributed by atoms with E-state index in [9.17, 15) is 9.18 Å². The molecule has 0 bridgehead atoms. The molecule has 94 valence electrons. The van der Waals surface area contributed by atoms with Crippen molar-refractivity contribution in [3.05, 3.63) is 29.6 Å². The Morgan fingerprint density at radius 1 is 1.59 bits per heavy atom. The van der Waals surface area contributed by atoms with Gasteiger partial charge in [-0.25, -0.2) is 4.39 Å². The van der Waals surface area contributed by atoms with Crippen molar-refractivity contribution in [2.75, 3.05) is 13.2 Å². The van der Waals surface area contributed by atoms with E-state index in [0.29, 0.717) is 12.1 Å². The number of nitrogens with one attached hydrogen (secondary N) is 1. The van der Waals surface area contributed by atoms with Gasteiger partial charge in [-0.3, -0.25) is 4.79 Å². The molecule has 0 aliphatic heterocycles. The molecule has 0 fully saturated rings. The summed E-state index contributed by atoms with van der Waals surface area (Å²) in [6, 6.07) is 4.24. The molecule has 1 aromatic rings. The molecule has 17 heavy (non-hydrogen) atoms. The van der Waals surface area contributed by atoms with Gasteiger partial charge in [0, 0.05) is 12.6 Å². The maximum absolute atomic E-state index is 13.5. The zero-order valence-electron chi connectivity index (χ0n) is 10.00. The van der Waals surface area contributed by atoms with Gasteiger partial charge in [-0.2, -0.15) is 0 Å². The minimum Gasteiger partial charge on any atom is -0.481 e. The number of nitrogens with two attached hydrogens (primary N) is 1. The van der Waals surface area contributed by atoms with Crippen molar-refractivity contribution in [1.82, 2.24) is 5.32 Å². The Hall–Kier alpha value is -1.62. The molecule has 1 amide bonds. The number of halogens is 1. The number of carbonyl (C=O) groups is 1. The normalized spacial score (nSPS) is 12.0. The quantitative estimate of drug-likeness (QED) is 0.816. The van der Waals surface area contributed by atoms with Gasteiger partial charge in [-0.05, 0) is 31.5 Å². The van der Waals surface area contributed by atoms with Crippen LogP contribution in [0, 0.1) is 5.82 Å². The molecule has 0 radical (unpaired) electrons. The van der Waals surface area contributed by atoms with Crippen LogP contribution in [-0.2, 0) is 4.79 Å². The second-order valence-electron chi connectivity index (χ2n) is 3.72. The molecule has 0 aliphatic rings. The summed E-state index contributed by atoms with van der Waals surface area (Å²) < 4.78 is 18.6. The second-order valence-corrected chi connectivity index (χ2v) is 3.72. The van der Waals surface area contributed by atoms with Gasteiger partial charge in [-0.1, -0.05) is 6.07 Å². The molecular weight excluding hydrogens is 223 g/mol. The van der Waals surface area contributed by atoms with E-state index in [-0.39, 0.29) is 24.3 Å².